The van der Waals surface area contributed by atoms with E-state index in [1.807, 2.05) is 24.3 Å². The van der Waals surface area contributed by atoms with Crippen LogP contribution >= 0.6 is 15.9 Å². The third kappa shape index (κ3) is 2.91. The molecule has 0 radical (unpaired) electrons. The van der Waals surface area contributed by atoms with Crippen LogP contribution in [-0.4, -0.2) is 52.8 Å². The maximum Gasteiger partial charge on any atom is 0.271 e. The molecule has 5 nitrogen and oxygen atoms in total. The summed E-state index contributed by atoms with van der Waals surface area (Å²) < 4.78 is 6.25. The number of morpholine rings is 1. The number of nitrogens with one attached hydrogen (secondary N) is 1. The zero-order valence-corrected chi connectivity index (χ0v) is 14.0. The number of carbonyl (C=O) groups excluding carboxylic acids is 1. The number of hydrogen-bond donors (Lipinski definition) is 2. The van der Waals surface area contributed by atoms with E-state index in [0.29, 0.717) is 31.9 Å². The Hall–Kier alpha value is -1.37. The molecule has 118 valence electrons. The average Bonchev–Trinajstić information content (AvgIpc) is 2.84. The molecule has 1 aromatic carbocycles. The average molecular weight is 367 g/mol. The molecule has 1 amide bonds. The second-order valence-electron chi connectivity index (χ2n) is 5.67. The fraction of sp³-hybridized carbons (Fsp3) is 0.438. The normalized spacial score (nSPS) is 20.3. The van der Waals surface area contributed by atoms with E-state index in [2.05, 4.69) is 20.9 Å². The van der Waals surface area contributed by atoms with Crippen LogP contribution in [0.15, 0.2) is 28.7 Å². The van der Waals surface area contributed by atoms with Crippen molar-refractivity contribution in [2.75, 3.05) is 19.8 Å². The summed E-state index contributed by atoms with van der Waals surface area (Å²) in [6.45, 7) is 3.27. The van der Waals surface area contributed by atoms with Crippen molar-refractivity contribution in [3.8, 4) is 0 Å². The number of carbonyl (C=O) groups is 1. The minimum atomic E-state index is -0.465. The number of aliphatic hydroxyl groups is 1. The van der Waals surface area contributed by atoms with Crippen molar-refractivity contribution < 1.29 is 14.6 Å². The second-order valence-corrected chi connectivity index (χ2v) is 6.46. The number of ether oxygens (including phenoxy) is 1. The number of aliphatic hydroxyl groups excluding tert-OH is 1. The number of aromatic nitrogens is 1. The Morgan fingerprint density at radius 3 is 3.05 bits per heavy atom. The fourth-order valence-corrected chi connectivity index (χ4v) is 3.52. The number of aromatic amines is 1. The topological polar surface area (TPSA) is 65.6 Å². The van der Waals surface area contributed by atoms with E-state index >= 15 is 0 Å². The van der Waals surface area contributed by atoms with Crippen molar-refractivity contribution in [1.82, 2.24) is 9.88 Å². The number of amides is 1. The van der Waals surface area contributed by atoms with Gasteiger partial charge in [0.2, 0.25) is 0 Å². The molecule has 0 unspecified atom stereocenters. The molecule has 2 atom stereocenters. The van der Waals surface area contributed by atoms with Gasteiger partial charge in [0.1, 0.15) is 5.69 Å². The Kier molecular flexibility index (Phi) is 4.52. The lowest BCUT2D eigenvalue weighted by Gasteiger charge is -2.36. The SMILES string of the molecule is C[C@@H](O)C[C@@H]1COCCN1C(=O)c1[nH]c2ccccc2c1Br. The van der Waals surface area contributed by atoms with Gasteiger partial charge in [-0.15, -0.1) is 0 Å². The Morgan fingerprint density at radius 1 is 1.55 bits per heavy atom. The summed E-state index contributed by atoms with van der Waals surface area (Å²) >= 11 is 3.53. The van der Waals surface area contributed by atoms with Gasteiger partial charge in [-0.05, 0) is 35.3 Å². The lowest BCUT2D eigenvalue weighted by atomic mass is 10.1. The Labute approximate surface area is 137 Å². The van der Waals surface area contributed by atoms with Crippen molar-refractivity contribution in [2.24, 2.45) is 0 Å². The van der Waals surface area contributed by atoms with Crippen LogP contribution in [0.5, 0.6) is 0 Å². The number of rotatable bonds is 3. The predicted molar refractivity (Wildman–Crippen MR) is 87.9 cm³/mol. The summed E-state index contributed by atoms with van der Waals surface area (Å²) in [5.74, 6) is -0.0583. The number of benzene rings is 1. The summed E-state index contributed by atoms with van der Waals surface area (Å²) in [7, 11) is 0. The first-order valence-corrected chi connectivity index (χ1v) is 8.20. The summed E-state index contributed by atoms with van der Waals surface area (Å²) in [5.41, 5.74) is 1.48. The van der Waals surface area contributed by atoms with Crippen molar-refractivity contribution >= 4 is 32.7 Å². The zero-order chi connectivity index (χ0) is 15.7. The van der Waals surface area contributed by atoms with Crippen LogP contribution in [0.4, 0.5) is 0 Å². The van der Waals surface area contributed by atoms with Crippen molar-refractivity contribution in [3.05, 3.63) is 34.4 Å². The molecule has 2 heterocycles. The molecule has 1 aliphatic heterocycles. The number of H-pyrrole nitrogens is 1. The number of halogens is 1. The molecule has 3 rings (SSSR count). The van der Waals surface area contributed by atoms with Crippen LogP contribution < -0.4 is 0 Å². The van der Waals surface area contributed by atoms with Crippen molar-refractivity contribution in [1.29, 1.82) is 0 Å². The van der Waals surface area contributed by atoms with E-state index in [-0.39, 0.29) is 11.9 Å². The van der Waals surface area contributed by atoms with E-state index in [1.165, 1.54) is 0 Å². The van der Waals surface area contributed by atoms with Gasteiger partial charge >= 0.3 is 0 Å². The highest BCUT2D eigenvalue weighted by atomic mass is 79.9. The van der Waals surface area contributed by atoms with Crippen molar-refractivity contribution in [3.63, 3.8) is 0 Å². The number of fused-ring (bicyclic) bond motifs is 1. The summed E-state index contributed by atoms with van der Waals surface area (Å²) in [5, 5.41) is 10.6. The van der Waals surface area contributed by atoms with E-state index < -0.39 is 6.10 Å². The molecule has 2 aromatic rings. The largest absolute Gasteiger partial charge is 0.393 e. The van der Waals surface area contributed by atoms with Crippen LogP contribution in [-0.2, 0) is 4.74 Å². The molecule has 0 bridgehead atoms. The summed E-state index contributed by atoms with van der Waals surface area (Å²) in [4.78, 5) is 17.9. The van der Waals surface area contributed by atoms with Gasteiger partial charge in [-0.2, -0.15) is 0 Å². The molecule has 2 N–H and O–H groups in total. The maximum atomic E-state index is 12.9. The third-order valence-electron chi connectivity index (χ3n) is 3.96. The van der Waals surface area contributed by atoms with Gasteiger partial charge in [0, 0.05) is 17.4 Å². The lowest BCUT2D eigenvalue weighted by Crippen LogP contribution is -2.50. The van der Waals surface area contributed by atoms with Crippen LogP contribution in [0.1, 0.15) is 23.8 Å². The summed E-state index contributed by atoms with van der Waals surface area (Å²) in [6, 6.07) is 7.70. The van der Waals surface area contributed by atoms with Gasteiger partial charge in [-0.3, -0.25) is 4.79 Å². The highest BCUT2D eigenvalue weighted by Gasteiger charge is 2.31. The molecule has 0 saturated carbocycles. The minimum Gasteiger partial charge on any atom is -0.393 e. The quantitative estimate of drug-likeness (QED) is 0.876. The van der Waals surface area contributed by atoms with Gasteiger partial charge in [0.05, 0.1) is 29.8 Å². The van der Waals surface area contributed by atoms with Gasteiger partial charge in [-0.25, -0.2) is 0 Å². The van der Waals surface area contributed by atoms with E-state index in [9.17, 15) is 9.90 Å². The zero-order valence-electron chi connectivity index (χ0n) is 12.4. The van der Waals surface area contributed by atoms with Crippen molar-refractivity contribution in [2.45, 2.75) is 25.5 Å². The number of nitrogens with zero attached hydrogens (tertiary/aromatic N) is 1. The molecule has 0 aliphatic carbocycles. The molecule has 1 saturated heterocycles. The highest BCUT2D eigenvalue weighted by Crippen LogP contribution is 2.29. The molecular weight excluding hydrogens is 348 g/mol. The Balaban J connectivity index is 1.91. The van der Waals surface area contributed by atoms with Crippen LogP contribution in [0.2, 0.25) is 0 Å². The Bertz CT molecular complexity index is 683. The number of hydrogen-bond acceptors (Lipinski definition) is 3. The van der Waals surface area contributed by atoms with Crippen LogP contribution in [0, 0.1) is 0 Å². The first kappa shape index (κ1) is 15.5. The second kappa shape index (κ2) is 6.40. The molecule has 6 heteroatoms. The third-order valence-corrected chi connectivity index (χ3v) is 4.78. The first-order chi connectivity index (χ1) is 10.6. The van der Waals surface area contributed by atoms with E-state index in [0.717, 1.165) is 15.4 Å². The minimum absolute atomic E-state index is 0.0583. The molecular formula is C16H19BrN2O3. The monoisotopic (exact) mass is 366 g/mol. The molecule has 1 fully saturated rings. The predicted octanol–water partition coefficient (Wildman–Crippen LogP) is 2.54. The molecule has 1 aromatic heterocycles. The summed E-state index contributed by atoms with van der Waals surface area (Å²) in [6.07, 6.45) is 0.0528. The molecule has 0 spiro atoms. The molecule has 22 heavy (non-hydrogen) atoms. The number of para-hydroxylation sites is 1. The first-order valence-electron chi connectivity index (χ1n) is 7.41. The molecule has 1 aliphatic rings. The van der Waals surface area contributed by atoms with Crippen LogP contribution in [0.3, 0.4) is 0 Å². The maximum absolute atomic E-state index is 12.9. The van der Waals surface area contributed by atoms with Gasteiger partial charge < -0.3 is 19.7 Å². The standard InChI is InChI=1S/C16H19BrN2O3/c1-10(20)8-11-9-22-7-6-19(11)16(21)15-14(17)12-4-2-3-5-13(12)18-15/h2-5,10-11,18,20H,6-9H2,1H3/t10-,11-/m1/s1. The van der Waals surface area contributed by atoms with E-state index in [1.54, 1.807) is 11.8 Å². The fourth-order valence-electron chi connectivity index (χ4n) is 2.91. The van der Waals surface area contributed by atoms with Crippen LogP contribution in [0.25, 0.3) is 10.9 Å². The Morgan fingerprint density at radius 2 is 2.32 bits per heavy atom. The lowest BCUT2D eigenvalue weighted by molar-refractivity contribution is -0.0155. The highest BCUT2D eigenvalue weighted by molar-refractivity contribution is 9.10. The van der Waals surface area contributed by atoms with Gasteiger partial charge in [0.15, 0.2) is 0 Å². The van der Waals surface area contributed by atoms with E-state index in [4.69, 9.17) is 4.74 Å². The smallest absolute Gasteiger partial charge is 0.271 e. The van der Waals surface area contributed by atoms with Gasteiger partial charge in [0.25, 0.3) is 5.91 Å². The van der Waals surface area contributed by atoms with Gasteiger partial charge in [-0.1, -0.05) is 18.2 Å².